The van der Waals surface area contributed by atoms with Crippen LogP contribution >= 0.6 is 0 Å². The Morgan fingerprint density at radius 2 is 1.45 bits per heavy atom. The quantitative estimate of drug-likeness (QED) is 0.855. The monoisotopic (exact) mass is 292 g/mol. The van der Waals surface area contributed by atoms with Gasteiger partial charge in [0.2, 0.25) is 0 Å². The van der Waals surface area contributed by atoms with Gasteiger partial charge in [0.25, 0.3) is 10.0 Å². The maximum Gasteiger partial charge on any atom is 0.283 e. The van der Waals surface area contributed by atoms with E-state index in [1.165, 1.54) is 0 Å². The summed E-state index contributed by atoms with van der Waals surface area (Å²) >= 11 is 0. The minimum Gasteiger partial charge on any atom is -0.199 e. The molecule has 1 heterocycles. The summed E-state index contributed by atoms with van der Waals surface area (Å²) in [6.45, 7) is 11.1. The van der Waals surface area contributed by atoms with Crippen LogP contribution in [0.25, 0.3) is 0 Å². The molecular weight excluding hydrogens is 272 g/mol. The van der Waals surface area contributed by atoms with E-state index in [4.69, 9.17) is 0 Å². The summed E-state index contributed by atoms with van der Waals surface area (Å²) in [7, 11) is -3.64. The summed E-state index contributed by atoms with van der Waals surface area (Å²) in [5, 5.41) is 4.19. The van der Waals surface area contributed by atoms with Crippen LogP contribution in [0.3, 0.4) is 0 Å². The lowest BCUT2D eigenvalue weighted by Gasteiger charge is -2.13. The van der Waals surface area contributed by atoms with Crippen molar-refractivity contribution < 1.29 is 8.42 Å². The second-order valence-corrected chi connectivity index (χ2v) is 7.08. The molecule has 0 spiro atoms. The Bertz CT molecular complexity index is 763. The molecule has 20 heavy (non-hydrogen) atoms. The molecular formula is C15H20N2O2S. The molecule has 0 saturated carbocycles. The number of benzene rings is 1. The lowest BCUT2D eigenvalue weighted by atomic mass is 10.1. The van der Waals surface area contributed by atoms with E-state index in [0.29, 0.717) is 10.6 Å². The topological polar surface area (TPSA) is 52.0 Å². The van der Waals surface area contributed by atoms with E-state index in [-0.39, 0.29) is 0 Å². The van der Waals surface area contributed by atoms with Crippen LogP contribution in [0.4, 0.5) is 0 Å². The lowest BCUT2D eigenvalue weighted by molar-refractivity contribution is 0.576. The standard InChI is InChI=1S/C15H20N2O2S/c1-9-7-10(2)15(11(3)8-9)20(18,19)17-14(6)12(4)13(5)16-17/h7-8H,1-6H3. The Morgan fingerprint density at radius 3 is 1.85 bits per heavy atom. The van der Waals surface area contributed by atoms with Gasteiger partial charge in [-0.25, -0.2) is 0 Å². The van der Waals surface area contributed by atoms with Crippen molar-refractivity contribution >= 4 is 10.0 Å². The van der Waals surface area contributed by atoms with E-state index in [0.717, 1.165) is 32.0 Å². The SMILES string of the molecule is Cc1cc(C)c(S(=O)(=O)n2nc(C)c(C)c2C)c(C)c1. The largest absolute Gasteiger partial charge is 0.283 e. The first-order valence-corrected chi connectivity index (χ1v) is 7.96. The van der Waals surface area contributed by atoms with Crippen LogP contribution in [0.5, 0.6) is 0 Å². The van der Waals surface area contributed by atoms with Crippen LogP contribution in [0.1, 0.15) is 33.6 Å². The van der Waals surface area contributed by atoms with Crippen LogP contribution in [-0.2, 0) is 10.0 Å². The molecule has 0 N–H and O–H groups in total. The molecule has 0 bridgehead atoms. The summed E-state index contributed by atoms with van der Waals surface area (Å²) in [6.07, 6.45) is 0. The van der Waals surface area contributed by atoms with Crippen LogP contribution in [0, 0.1) is 41.5 Å². The first kappa shape index (κ1) is 14.8. The number of nitrogens with zero attached hydrogens (tertiary/aromatic N) is 2. The lowest BCUT2D eigenvalue weighted by Crippen LogP contribution is -2.18. The molecule has 4 nitrogen and oxygen atoms in total. The summed E-state index contributed by atoms with van der Waals surface area (Å²) in [4.78, 5) is 0.355. The summed E-state index contributed by atoms with van der Waals surface area (Å²) in [6, 6.07) is 3.77. The second kappa shape index (κ2) is 4.74. The highest BCUT2D eigenvalue weighted by Crippen LogP contribution is 2.25. The fourth-order valence-electron chi connectivity index (χ4n) is 2.59. The highest BCUT2D eigenvalue weighted by Gasteiger charge is 2.25. The second-order valence-electron chi connectivity index (χ2n) is 5.37. The van der Waals surface area contributed by atoms with Crippen molar-refractivity contribution in [2.75, 3.05) is 0 Å². The average molecular weight is 292 g/mol. The van der Waals surface area contributed by atoms with Gasteiger partial charge < -0.3 is 0 Å². The third kappa shape index (κ3) is 2.16. The van der Waals surface area contributed by atoms with Gasteiger partial charge in [0.15, 0.2) is 0 Å². The van der Waals surface area contributed by atoms with Gasteiger partial charge in [0.05, 0.1) is 16.3 Å². The molecule has 2 rings (SSSR count). The van der Waals surface area contributed by atoms with Gasteiger partial charge in [0.1, 0.15) is 0 Å². The fraction of sp³-hybridized carbons (Fsp3) is 0.400. The number of aromatic nitrogens is 2. The molecule has 1 aromatic heterocycles. The van der Waals surface area contributed by atoms with Gasteiger partial charge in [-0.05, 0) is 58.2 Å². The molecule has 0 fully saturated rings. The van der Waals surface area contributed by atoms with Crippen LogP contribution in [-0.4, -0.2) is 17.6 Å². The van der Waals surface area contributed by atoms with Crippen molar-refractivity contribution in [2.24, 2.45) is 0 Å². The Kier molecular flexibility index (Phi) is 3.50. The Hall–Kier alpha value is -1.62. The number of rotatable bonds is 2. The Morgan fingerprint density at radius 1 is 0.950 bits per heavy atom. The molecule has 1 aromatic carbocycles. The third-order valence-corrected chi connectivity index (χ3v) is 5.67. The maximum absolute atomic E-state index is 12.9. The minimum absolute atomic E-state index is 0.355. The van der Waals surface area contributed by atoms with E-state index in [1.54, 1.807) is 6.92 Å². The summed E-state index contributed by atoms with van der Waals surface area (Å²) in [5.74, 6) is 0. The number of hydrogen-bond acceptors (Lipinski definition) is 3. The molecule has 0 aliphatic carbocycles. The van der Waals surface area contributed by atoms with Crippen LogP contribution in [0.2, 0.25) is 0 Å². The molecule has 0 saturated heterocycles. The molecule has 0 radical (unpaired) electrons. The molecule has 0 aliphatic rings. The van der Waals surface area contributed by atoms with Crippen molar-refractivity contribution in [1.82, 2.24) is 9.19 Å². The fourth-order valence-corrected chi connectivity index (χ4v) is 4.42. The van der Waals surface area contributed by atoms with Crippen LogP contribution in [0.15, 0.2) is 17.0 Å². The van der Waals surface area contributed by atoms with E-state index in [1.807, 2.05) is 46.8 Å². The smallest absolute Gasteiger partial charge is 0.199 e. The van der Waals surface area contributed by atoms with E-state index >= 15 is 0 Å². The third-order valence-electron chi connectivity index (χ3n) is 3.70. The zero-order chi connectivity index (χ0) is 15.2. The van der Waals surface area contributed by atoms with Gasteiger partial charge >= 0.3 is 0 Å². The van der Waals surface area contributed by atoms with Gasteiger partial charge in [-0.3, -0.25) is 0 Å². The molecule has 0 aliphatic heterocycles. The van der Waals surface area contributed by atoms with E-state index < -0.39 is 10.0 Å². The van der Waals surface area contributed by atoms with Gasteiger partial charge in [0, 0.05) is 0 Å². The Labute approximate surface area is 120 Å². The summed E-state index contributed by atoms with van der Waals surface area (Å²) < 4.78 is 26.9. The van der Waals surface area contributed by atoms with Gasteiger partial charge in [-0.15, -0.1) is 0 Å². The summed E-state index contributed by atoms with van der Waals surface area (Å²) in [5.41, 5.74) is 4.90. The van der Waals surface area contributed by atoms with Crippen molar-refractivity contribution in [1.29, 1.82) is 0 Å². The molecule has 5 heteroatoms. The Balaban J connectivity index is 2.77. The number of hydrogen-bond donors (Lipinski definition) is 0. The maximum atomic E-state index is 12.9. The first-order chi connectivity index (χ1) is 9.16. The highest BCUT2D eigenvalue weighted by molar-refractivity contribution is 7.90. The van der Waals surface area contributed by atoms with E-state index in [2.05, 4.69) is 5.10 Å². The van der Waals surface area contributed by atoms with Gasteiger partial charge in [-0.2, -0.15) is 17.6 Å². The minimum atomic E-state index is -3.64. The van der Waals surface area contributed by atoms with E-state index in [9.17, 15) is 8.42 Å². The predicted octanol–water partition coefficient (Wildman–Crippen LogP) is 2.97. The first-order valence-electron chi connectivity index (χ1n) is 6.52. The predicted molar refractivity (Wildman–Crippen MR) is 79.7 cm³/mol. The highest BCUT2D eigenvalue weighted by atomic mass is 32.2. The molecule has 0 unspecified atom stereocenters. The van der Waals surface area contributed by atoms with Crippen molar-refractivity contribution in [2.45, 2.75) is 46.4 Å². The molecule has 0 amide bonds. The van der Waals surface area contributed by atoms with Crippen molar-refractivity contribution in [3.63, 3.8) is 0 Å². The molecule has 108 valence electrons. The molecule has 0 atom stereocenters. The zero-order valence-corrected chi connectivity index (χ0v) is 13.6. The normalized spacial score (nSPS) is 11.9. The molecule has 2 aromatic rings. The average Bonchev–Trinajstić information content (AvgIpc) is 2.55. The van der Waals surface area contributed by atoms with Crippen LogP contribution < -0.4 is 0 Å². The van der Waals surface area contributed by atoms with Gasteiger partial charge in [-0.1, -0.05) is 17.7 Å². The van der Waals surface area contributed by atoms with Crippen molar-refractivity contribution in [3.8, 4) is 0 Å². The zero-order valence-electron chi connectivity index (χ0n) is 12.8. The van der Waals surface area contributed by atoms with Crippen molar-refractivity contribution in [3.05, 3.63) is 45.8 Å². The number of aryl methyl sites for hydroxylation is 4.